The van der Waals surface area contributed by atoms with Gasteiger partial charge in [0, 0.05) is 17.7 Å². The van der Waals surface area contributed by atoms with Crippen LogP contribution >= 0.6 is 0 Å². The zero-order valence-corrected chi connectivity index (χ0v) is 7.81. The van der Waals surface area contributed by atoms with Crippen molar-refractivity contribution < 1.29 is 27.5 Å². The number of nitrogens with two attached hydrogens (primary N) is 1. The molecule has 1 atom stereocenters. The topological polar surface area (TPSA) is 63.3 Å². The molecule has 0 saturated carbocycles. The van der Waals surface area contributed by atoms with Gasteiger partial charge in [-0.25, -0.2) is 17.6 Å². The number of rotatable bonds is 3. The third-order valence-electron chi connectivity index (χ3n) is 1.91. The van der Waals surface area contributed by atoms with Crippen LogP contribution in [0.3, 0.4) is 0 Å². The SMILES string of the molecule is NC(CC(=O)O)c1c(F)c(F)cc(F)c1F. The van der Waals surface area contributed by atoms with Crippen molar-refractivity contribution in [2.75, 3.05) is 0 Å². The highest BCUT2D eigenvalue weighted by Crippen LogP contribution is 2.25. The van der Waals surface area contributed by atoms with E-state index in [0.29, 0.717) is 0 Å². The maximum Gasteiger partial charge on any atom is 0.305 e. The summed E-state index contributed by atoms with van der Waals surface area (Å²) in [5.41, 5.74) is 4.04. The summed E-state index contributed by atoms with van der Waals surface area (Å²) in [6.07, 6.45) is -0.837. The minimum absolute atomic E-state index is 0.0294. The molecular formula is C9H7F4NO2. The number of carboxylic acids is 1. The van der Waals surface area contributed by atoms with E-state index in [9.17, 15) is 22.4 Å². The molecule has 1 unspecified atom stereocenters. The minimum Gasteiger partial charge on any atom is -0.481 e. The summed E-state index contributed by atoms with van der Waals surface area (Å²) in [4.78, 5) is 10.3. The predicted molar refractivity (Wildman–Crippen MR) is 45.5 cm³/mol. The molecule has 0 amide bonds. The molecule has 3 N–H and O–H groups in total. The lowest BCUT2D eigenvalue weighted by molar-refractivity contribution is -0.137. The first kappa shape index (κ1) is 12.4. The van der Waals surface area contributed by atoms with Crippen LogP contribution in [0.2, 0.25) is 0 Å². The Hall–Kier alpha value is -1.63. The average molecular weight is 237 g/mol. The van der Waals surface area contributed by atoms with Crippen LogP contribution in [0, 0.1) is 23.3 Å². The van der Waals surface area contributed by atoms with Gasteiger partial charge in [-0.05, 0) is 0 Å². The Bertz CT molecular complexity index is 410. The van der Waals surface area contributed by atoms with Crippen LogP contribution in [0.5, 0.6) is 0 Å². The lowest BCUT2D eigenvalue weighted by atomic mass is 10.0. The maximum atomic E-state index is 13.1. The van der Waals surface area contributed by atoms with E-state index >= 15 is 0 Å². The van der Waals surface area contributed by atoms with Crippen LogP contribution in [0.1, 0.15) is 18.0 Å². The van der Waals surface area contributed by atoms with Gasteiger partial charge in [0.15, 0.2) is 23.3 Å². The van der Waals surface area contributed by atoms with Crippen molar-refractivity contribution in [1.29, 1.82) is 0 Å². The predicted octanol–water partition coefficient (Wildman–Crippen LogP) is 1.72. The fraction of sp³-hybridized carbons (Fsp3) is 0.222. The van der Waals surface area contributed by atoms with Gasteiger partial charge in [-0.2, -0.15) is 0 Å². The van der Waals surface area contributed by atoms with E-state index < -0.39 is 47.3 Å². The Morgan fingerprint density at radius 2 is 1.69 bits per heavy atom. The van der Waals surface area contributed by atoms with Crippen LogP contribution in [0.4, 0.5) is 17.6 Å². The lowest BCUT2D eigenvalue weighted by Crippen LogP contribution is -2.19. The summed E-state index contributed by atoms with van der Waals surface area (Å²) >= 11 is 0. The van der Waals surface area contributed by atoms with E-state index in [-0.39, 0.29) is 6.07 Å². The van der Waals surface area contributed by atoms with Gasteiger partial charge in [0.2, 0.25) is 0 Å². The second kappa shape index (κ2) is 4.48. The summed E-state index contributed by atoms with van der Waals surface area (Å²) in [5.74, 6) is -8.01. The number of carbonyl (C=O) groups is 1. The van der Waals surface area contributed by atoms with Crippen LogP contribution in [0.15, 0.2) is 6.07 Å². The van der Waals surface area contributed by atoms with Gasteiger partial charge in [-0.15, -0.1) is 0 Å². The summed E-state index contributed by atoms with van der Waals surface area (Å²) in [7, 11) is 0. The third kappa shape index (κ3) is 2.30. The summed E-state index contributed by atoms with van der Waals surface area (Å²) < 4.78 is 51.6. The molecule has 0 heterocycles. The van der Waals surface area contributed by atoms with Crippen molar-refractivity contribution in [2.24, 2.45) is 5.73 Å². The lowest BCUT2D eigenvalue weighted by Gasteiger charge is -2.12. The minimum atomic E-state index is -1.67. The Kier molecular flexibility index (Phi) is 3.48. The van der Waals surface area contributed by atoms with Crippen molar-refractivity contribution in [1.82, 2.24) is 0 Å². The molecule has 0 saturated heterocycles. The Labute approximate surface area is 87.5 Å². The molecule has 0 aliphatic heterocycles. The summed E-state index contributed by atoms with van der Waals surface area (Å²) in [5, 5.41) is 8.35. The van der Waals surface area contributed by atoms with E-state index in [4.69, 9.17) is 10.8 Å². The van der Waals surface area contributed by atoms with Crippen LogP contribution < -0.4 is 5.73 Å². The van der Waals surface area contributed by atoms with Crippen molar-refractivity contribution in [3.8, 4) is 0 Å². The number of halogens is 4. The molecule has 0 aliphatic rings. The molecule has 0 spiro atoms. The van der Waals surface area contributed by atoms with Crippen molar-refractivity contribution in [2.45, 2.75) is 12.5 Å². The third-order valence-corrected chi connectivity index (χ3v) is 1.91. The molecule has 3 nitrogen and oxygen atoms in total. The first-order valence-corrected chi connectivity index (χ1v) is 4.14. The van der Waals surface area contributed by atoms with E-state index in [1.54, 1.807) is 0 Å². The van der Waals surface area contributed by atoms with Gasteiger partial charge < -0.3 is 10.8 Å². The number of benzene rings is 1. The smallest absolute Gasteiger partial charge is 0.305 e. The van der Waals surface area contributed by atoms with Gasteiger partial charge in [0.05, 0.1) is 6.42 Å². The monoisotopic (exact) mass is 237 g/mol. The molecule has 0 fully saturated rings. The normalized spacial score (nSPS) is 12.6. The quantitative estimate of drug-likeness (QED) is 0.621. The number of hydrogen-bond donors (Lipinski definition) is 2. The van der Waals surface area contributed by atoms with Gasteiger partial charge in [-0.3, -0.25) is 4.79 Å². The zero-order valence-electron chi connectivity index (χ0n) is 7.81. The summed E-state index contributed by atoms with van der Waals surface area (Å²) in [6, 6.07) is -1.62. The van der Waals surface area contributed by atoms with Crippen LogP contribution in [-0.4, -0.2) is 11.1 Å². The fourth-order valence-corrected chi connectivity index (χ4v) is 1.21. The highest BCUT2D eigenvalue weighted by Gasteiger charge is 2.25. The van der Waals surface area contributed by atoms with E-state index in [0.717, 1.165) is 0 Å². The molecule has 1 aromatic carbocycles. The van der Waals surface area contributed by atoms with Gasteiger partial charge >= 0.3 is 5.97 Å². The fourth-order valence-electron chi connectivity index (χ4n) is 1.21. The number of aliphatic carboxylic acids is 1. The molecular weight excluding hydrogens is 230 g/mol. The molecule has 16 heavy (non-hydrogen) atoms. The Morgan fingerprint density at radius 3 is 2.06 bits per heavy atom. The second-order valence-electron chi connectivity index (χ2n) is 3.09. The molecule has 0 bridgehead atoms. The highest BCUT2D eigenvalue weighted by atomic mass is 19.2. The molecule has 1 aromatic rings. The number of carboxylic acid groups (broad SMARTS) is 1. The second-order valence-corrected chi connectivity index (χ2v) is 3.09. The summed E-state index contributed by atoms with van der Waals surface area (Å²) in [6.45, 7) is 0. The van der Waals surface area contributed by atoms with Crippen LogP contribution in [-0.2, 0) is 4.79 Å². The molecule has 1 rings (SSSR count). The van der Waals surface area contributed by atoms with E-state index in [1.165, 1.54) is 0 Å². The average Bonchev–Trinajstić information content (AvgIpc) is 2.14. The molecule has 88 valence electrons. The molecule has 7 heteroatoms. The van der Waals surface area contributed by atoms with Crippen LogP contribution in [0.25, 0.3) is 0 Å². The van der Waals surface area contributed by atoms with Crippen molar-refractivity contribution >= 4 is 5.97 Å². The van der Waals surface area contributed by atoms with E-state index in [1.807, 2.05) is 0 Å². The standard InChI is InChI=1S/C9H7F4NO2/c10-3-1-4(11)9(13)7(8(3)12)5(14)2-6(15)16/h1,5H,2,14H2,(H,15,16). The van der Waals surface area contributed by atoms with E-state index in [2.05, 4.69) is 0 Å². The first-order chi connectivity index (χ1) is 7.34. The number of hydrogen-bond acceptors (Lipinski definition) is 2. The first-order valence-electron chi connectivity index (χ1n) is 4.14. The Balaban J connectivity index is 3.26. The molecule has 0 radical (unpaired) electrons. The maximum absolute atomic E-state index is 13.1. The van der Waals surface area contributed by atoms with Crippen molar-refractivity contribution in [3.63, 3.8) is 0 Å². The van der Waals surface area contributed by atoms with Gasteiger partial charge in [0.25, 0.3) is 0 Å². The molecule has 0 aliphatic carbocycles. The molecule has 0 aromatic heterocycles. The zero-order chi connectivity index (χ0) is 12.5. The van der Waals surface area contributed by atoms with Gasteiger partial charge in [-0.1, -0.05) is 0 Å². The van der Waals surface area contributed by atoms with Gasteiger partial charge in [0.1, 0.15) is 0 Å². The largest absolute Gasteiger partial charge is 0.481 e. The highest BCUT2D eigenvalue weighted by molar-refractivity contribution is 5.67. The Morgan fingerprint density at radius 1 is 1.25 bits per heavy atom. The van der Waals surface area contributed by atoms with Crippen molar-refractivity contribution in [3.05, 3.63) is 34.9 Å².